The lowest BCUT2D eigenvalue weighted by atomic mass is 10.2. The fourth-order valence-electron chi connectivity index (χ4n) is 3.08. The minimum atomic E-state index is -2.96. The van der Waals surface area contributed by atoms with E-state index in [1.165, 1.54) is 16.8 Å². The second kappa shape index (κ2) is 9.98. The summed E-state index contributed by atoms with van der Waals surface area (Å²) in [6.07, 6.45) is 0.528. The van der Waals surface area contributed by atoms with Crippen LogP contribution in [-0.4, -0.2) is 70.7 Å². The second-order valence-electron chi connectivity index (χ2n) is 7.58. The Labute approximate surface area is 167 Å². The number of nitrogens with zero attached hydrogens (tertiary/aromatic N) is 3. The summed E-state index contributed by atoms with van der Waals surface area (Å²) >= 11 is 0. The number of H-pyrrole nitrogens is 1. The Balaban J connectivity index is 0.00000392. The van der Waals surface area contributed by atoms with Gasteiger partial charge in [0.15, 0.2) is 6.23 Å². The largest absolute Gasteiger partial charge is 0.350 e. The molecule has 1 aliphatic heterocycles. The zero-order chi connectivity index (χ0) is 20.4. The van der Waals surface area contributed by atoms with Crippen LogP contribution in [-0.2, 0) is 13.8 Å². The summed E-state index contributed by atoms with van der Waals surface area (Å²) in [5.41, 5.74) is -1.11. The summed E-state index contributed by atoms with van der Waals surface area (Å²) < 4.78 is 28.0. The maximum atomic E-state index is 13.1. The molecule has 0 amide bonds. The molecule has 10 heteroatoms. The van der Waals surface area contributed by atoms with Crippen molar-refractivity contribution in [3.8, 4) is 0 Å². The molecule has 0 spiro atoms. The molecule has 1 fully saturated rings. The SMILES string of the molecule is C.CC(C)N1C[C@@H](COP(=O)(C(C)C)N(C)C)O[C@@H](n2ccc(=O)[nH]c2=O)C1. The van der Waals surface area contributed by atoms with Gasteiger partial charge in [0.25, 0.3) is 13.1 Å². The van der Waals surface area contributed by atoms with Gasteiger partial charge in [-0.1, -0.05) is 21.3 Å². The van der Waals surface area contributed by atoms with Crippen LogP contribution in [0.25, 0.3) is 0 Å². The Morgan fingerprint density at radius 2 is 1.93 bits per heavy atom. The summed E-state index contributed by atoms with van der Waals surface area (Å²) in [6.45, 7) is 9.14. The van der Waals surface area contributed by atoms with Gasteiger partial charge in [0.05, 0.1) is 12.7 Å². The fraction of sp³-hybridized carbons (Fsp3) is 0.778. The lowest BCUT2D eigenvalue weighted by Gasteiger charge is -2.41. The molecule has 1 saturated heterocycles. The Morgan fingerprint density at radius 3 is 2.43 bits per heavy atom. The van der Waals surface area contributed by atoms with Gasteiger partial charge >= 0.3 is 5.69 Å². The molecule has 3 atom stereocenters. The van der Waals surface area contributed by atoms with Crippen molar-refractivity contribution >= 4 is 7.52 Å². The van der Waals surface area contributed by atoms with Crippen LogP contribution >= 0.6 is 7.52 Å². The average molecular weight is 418 g/mol. The number of aromatic amines is 1. The number of nitrogens with one attached hydrogen (secondary N) is 1. The van der Waals surface area contributed by atoms with Gasteiger partial charge in [0.1, 0.15) is 0 Å². The van der Waals surface area contributed by atoms with Gasteiger partial charge < -0.3 is 9.26 Å². The molecule has 1 aliphatic rings. The molecule has 28 heavy (non-hydrogen) atoms. The van der Waals surface area contributed by atoms with E-state index < -0.39 is 25.0 Å². The molecular formula is C18H35N4O5P. The van der Waals surface area contributed by atoms with Crippen LogP contribution in [0, 0.1) is 0 Å². The van der Waals surface area contributed by atoms with Crippen molar-refractivity contribution in [3.05, 3.63) is 33.1 Å². The highest BCUT2D eigenvalue weighted by Gasteiger charge is 2.35. The normalized spacial score (nSPS) is 23.0. The first-order valence-corrected chi connectivity index (χ1v) is 10.8. The third-order valence-corrected chi connectivity index (χ3v) is 7.66. The van der Waals surface area contributed by atoms with E-state index in [1.807, 2.05) is 13.8 Å². The standard InChI is InChI=1S/C17H31N4O5P.CH4/c1-12(2)20-9-14(11-25-27(24,13(3)4)19(5)6)26-16(10-20)21-8-7-15(22)18-17(21)23;/h7-8,12-14,16H,9-11H2,1-6H3,(H,18,22,23);1H4/t14-,16+,27?;/m0./s1. The summed E-state index contributed by atoms with van der Waals surface area (Å²) in [4.78, 5) is 27.9. The highest BCUT2D eigenvalue weighted by atomic mass is 31.2. The molecule has 9 nitrogen and oxygen atoms in total. The van der Waals surface area contributed by atoms with Crippen molar-refractivity contribution in [2.24, 2.45) is 0 Å². The molecule has 0 saturated carbocycles. The molecule has 1 unspecified atom stereocenters. The van der Waals surface area contributed by atoms with Gasteiger partial charge in [-0.25, -0.2) is 9.46 Å². The van der Waals surface area contributed by atoms with E-state index in [4.69, 9.17) is 9.26 Å². The molecule has 1 N–H and O–H groups in total. The van der Waals surface area contributed by atoms with Crippen LogP contribution in [0.4, 0.5) is 0 Å². The molecule has 1 aromatic heterocycles. The van der Waals surface area contributed by atoms with Crippen molar-refractivity contribution in [2.75, 3.05) is 33.8 Å². The molecule has 162 valence electrons. The average Bonchev–Trinajstić information content (AvgIpc) is 2.58. The first-order chi connectivity index (χ1) is 12.5. The van der Waals surface area contributed by atoms with Crippen LogP contribution in [0.1, 0.15) is 41.3 Å². The fourth-order valence-corrected chi connectivity index (χ4v) is 4.92. The van der Waals surface area contributed by atoms with Crippen molar-refractivity contribution in [2.45, 2.75) is 59.2 Å². The van der Waals surface area contributed by atoms with E-state index in [9.17, 15) is 14.2 Å². The van der Waals surface area contributed by atoms with Gasteiger partial charge in [-0.05, 0) is 27.9 Å². The molecule has 0 aromatic carbocycles. The van der Waals surface area contributed by atoms with Gasteiger partial charge in [-0.3, -0.25) is 23.8 Å². The lowest BCUT2D eigenvalue weighted by Crippen LogP contribution is -2.51. The molecule has 0 radical (unpaired) electrons. The quantitative estimate of drug-likeness (QED) is 0.676. The van der Waals surface area contributed by atoms with E-state index in [0.717, 1.165) is 0 Å². The molecule has 2 heterocycles. The van der Waals surface area contributed by atoms with E-state index in [2.05, 4.69) is 23.7 Å². The first kappa shape index (κ1) is 24.8. The Hall–Kier alpha value is -1.25. The topological polar surface area (TPSA) is 96.9 Å². The summed E-state index contributed by atoms with van der Waals surface area (Å²) in [7, 11) is 0.521. The third kappa shape index (κ3) is 5.64. The maximum absolute atomic E-state index is 13.1. The predicted molar refractivity (Wildman–Crippen MR) is 111 cm³/mol. The van der Waals surface area contributed by atoms with E-state index >= 15 is 0 Å². The summed E-state index contributed by atoms with van der Waals surface area (Å²) in [5, 5.41) is 0. The number of rotatable bonds is 7. The number of morpholine rings is 1. The van der Waals surface area contributed by atoms with Gasteiger partial charge in [-0.15, -0.1) is 0 Å². The number of aromatic nitrogens is 2. The van der Waals surface area contributed by atoms with Crippen molar-refractivity contribution in [1.29, 1.82) is 0 Å². The Kier molecular flexibility index (Phi) is 8.84. The smallest absolute Gasteiger partial charge is 0.330 e. The maximum Gasteiger partial charge on any atom is 0.330 e. The third-order valence-electron chi connectivity index (χ3n) is 4.73. The lowest BCUT2D eigenvalue weighted by molar-refractivity contribution is -0.139. The number of ether oxygens (including phenoxy) is 1. The van der Waals surface area contributed by atoms with Gasteiger partial charge in [-0.2, -0.15) is 0 Å². The molecule has 0 aliphatic carbocycles. The summed E-state index contributed by atoms with van der Waals surface area (Å²) in [5.74, 6) is 0. The van der Waals surface area contributed by atoms with Crippen LogP contribution < -0.4 is 11.2 Å². The minimum Gasteiger partial charge on any atom is -0.350 e. The van der Waals surface area contributed by atoms with Crippen LogP contribution in [0.5, 0.6) is 0 Å². The monoisotopic (exact) mass is 418 g/mol. The Morgan fingerprint density at radius 1 is 1.29 bits per heavy atom. The highest BCUT2D eigenvalue weighted by molar-refractivity contribution is 7.57. The van der Waals surface area contributed by atoms with Gasteiger partial charge in [0.2, 0.25) is 0 Å². The molecule has 2 rings (SSSR count). The van der Waals surface area contributed by atoms with Crippen LogP contribution in [0.2, 0.25) is 0 Å². The molecule has 1 aromatic rings. The van der Waals surface area contributed by atoms with Gasteiger partial charge in [0, 0.05) is 37.1 Å². The first-order valence-electron chi connectivity index (χ1n) is 9.17. The predicted octanol–water partition coefficient (Wildman–Crippen LogP) is 1.96. The Bertz CT molecular complexity index is 777. The second-order valence-corrected chi connectivity index (χ2v) is 10.8. The number of hydrogen-bond acceptors (Lipinski definition) is 6. The summed E-state index contributed by atoms with van der Waals surface area (Å²) in [6, 6.07) is 1.53. The van der Waals surface area contributed by atoms with Crippen LogP contribution in [0.15, 0.2) is 21.9 Å². The molecular weight excluding hydrogens is 383 g/mol. The minimum absolute atomic E-state index is 0. The zero-order valence-electron chi connectivity index (χ0n) is 16.9. The van der Waals surface area contributed by atoms with E-state index in [1.54, 1.807) is 18.8 Å². The van der Waals surface area contributed by atoms with Crippen molar-refractivity contribution in [3.63, 3.8) is 0 Å². The van der Waals surface area contributed by atoms with E-state index in [0.29, 0.717) is 13.1 Å². The van der Waals surface area contributed by atoms with Crippen molar-refractivity contribution in [1.82, 2.24) is 19.1 Å². The number of hydrogen-bond donors (Lipinski definition) is 1. The van der Waals surface area contributed by atoms with Crippen LogP contribution in [0.3, 0.4) is 0 Å². The molecule has 0 bridgehead atoms. The van der Waals surface area contributed by atoms with Crippen molar-refractivity contribution < 1.29 is 13.8 Å². The highest BCUT2D eigenvalue weighted by Crippen LogP contribution is 2.53. The zero-order valence-corrected chi connectivity index (χ0v) is 17.8. The van der Waals surface area contributed by atoms with E-state index in [-0.39, 0.29) is 31.8 Å².